The fourth-order valence-electron chi connectivity index (χ4n) is 7.17. The van der Waals surface area contributed by atoms with E-state index in [9.17, 15) is 24.0 Å². The van der Waals surface area contributed by atoms with Gasteiger partial charge in [-0.1, -0.05) is 52.5 Å². The first-order valence-corrected chi connectivity index (χ1v) is 15.7. The second-order valence-corrected chi connectivity index (χ2v) is 14.2. The van der Waals surface area contributed by atoms with E-state index in [-0.39, 0.29) is 35.6 Å². The number of likely N-dealkylation sites (tertiary alicyclic amines) is 1. The van der Waals surface area contributed by atoms with E-state index in [0.29, 0.717) is 19.4 Å². The number of fused-ring (bicyclic) bond motifs is 1. The fourth-order valence-corrected chi connectivity index (χ4v) is 7.17. The monoisotopic (exact) mass is 588 g/mol. The molecule has 3 aliphatic rings. The number of hydrogen-bond donors (Lipinski definition) is 3. The van der Waals surface area contributed by atoms with Gasteiger partial charge in [0.2, 0.25) is 17.6 Å². The van der Waals surface area contributed by atoms with Crippen LogP contribution in [-0.2, 0) is 23.9 Å². The van der Waals surface area contributed by atoms with Gasteiger partial charge in [-0.15, -0.1) is 6.58 Å². The number of amides is 4. The molecule has 0 spiro atoms. The summed E-state index contributed by atoms with van der Waals surface area (Å²) in [5.41, 5.74) is -0.703. The van der Waals surface area contributed by atoms with E-state index in [0.717, 1.165) is 44.9 Å². The number of ketones is 1. The molecule has 3 fully saturated rings. The lowest BCUT2D eigenvalue weighted by Crippen LogP contribution is -2.59. The third kappa shape index (κ3) is 8.57. The van der Waals surface area contributed by atoms with Crippen molar-refractivity contribution in [3.05, 3.63) is 12.7 Å². The molecule has 1 heterocycles. The molecule has 236 valence electrons. The first kappa shape index (κ1) is 33.6. The van der Waals surface area contributed by atoms with Crippen molar-refractivity contribution >= 4 is 29.6 Å². The molecule has 1 aliphatic heterocycles. The summed E-state index contributed by atoms with van der Waals surface area (Å²) in [7, 11) is 0. The number of nitrogens with one attached hydrogen (secondary N) is 3. The topological polar surface area (TPSA) is 134 Å². The van der Waals surface area contributed by atoms with Crippen LogP contribution >= 0.6 is 0 Å². The van der Waals surface area contributed by atoms with Crippen LogP contribution in [0, 0.1) is 23.2 Å². The van der Waals surface area contributed by atoms with Crippen molar-refractivity contribution in [2.75, 3.05) is 13.1 Å². The van der Waals surface area contributed by atoms with Gasteiger partial charge in [0.1, 0.15) is 17.7 Å². The number of carbonyl (C=O) groups excluding carboxylic acids is 5. The maximum absolute atomic E-state index is 14.4. The summed E-state index contributed by atoms with van der Waals surface area (Å²) in [6.45, 7) is 15.7. The minimum atomic E-state index is -0.994. The fraction of sp³-hybridized carbons (Fsp3) is 0.781. The molecular formula is C32H52N4O6. The average molecular weight is 589 g/mol. The molecule has 3 unspecified atom stereocenters. The van der Waals surface area contributed by atoms with Crippen LogP contribution in [0.15, 0.2) is 12.7 Å². The Balaban J connectivity index is 1.89. The molecule has 4 amide bonds. The van der Waals surface area contributed by atoms with Crippen LogP contribution in [0.25, 0.3) is 0 Å². The number of alkyl carbamates (subject to hydrolysis) is 1. The molecule has 2 saturated carbocycles. The number of ether oxygens (including phenoxy) is 1. The number of rotatable bonds is 11. The molecule has 3 rings (SSSR count). The van der Waals surface area contributed by atoms with Crippen LogP contribution in [0.3, 0.4) is 0 Å². The van der Waals surface area contributed by atoms with Gasteiger partial charge in [0.25, 0.3) is 5.91 Å². The Morgan fingerprint density at radius 1 is 1.05 bits per heavy atom. The molecule has 10 nitrogen and oxygen atoms in total. The van der Waals surface area contributed by atoms with Crippen LogP contribution in [0.1, 0.15) is 99.3 Å². The number of hydrogen-bond acceptors (Lipinski definition) is 6. The Morgan fingerprint density at radius 3 is 2.31 bits per heavy atom. The maximum atomic E-state index is 14.4. The van der Waals surface area contributed by atoms with E-state index in [4.69, 9.17) is 4.74 Å². The smallest absolute Gasteiger partial charge is 0.408 e. The van der Waals surface area contributed by atoms with Crippen LogP contribution in [-0.4, -0.2) is 71.3 Å². The quantitative estimate of drug-likeness (QED) is 0.248. The Bertz CT molecular complexity index is 1030. The first-order valence-electron chi connectivity index (χ1n) is 15.7. The van der Waals surface area contributed by atoms with Crippen molar-refractivity contribution in [2.45, 2.75) is 123 Å². The number of carbonyl (C=O) groups is 5. The Hall–Kier alpha value is -2.91. The number of Topliss-reactive ketones (excluding diaryl/α,β-unsaturated/α-hetero) is 1. The summed E-state index contributed by atoms with van der Waals surface area (Å²) in [6.07, 6.45) is 8.02. The predicted octanol–water partition coefficient (Wildman–Crippen LogP) is 3.88. The zero-order chi connectivity index (χ0) is 31.2. The second kappa shape index (κ2) is 14.0. The summed E-state index contributed by atoms with van der Waals surface area (Å²) in [4.78, 5) is 68.4. The van der Waals surface area contributed by atoms with Crippen molar-refractivity contribution in [2.24, 2.45) is 23.2 Å². The van der Waals surface area contributed by atoms with Gasteiger partial charge >= 0.3 is 6.09 Å². The molecule has 0 bridgehead atoms. The summed E-state index contributed by atoms with van der Waals surface area (Å²) < 4.78 is 5.52. The van der Waals surface area contributed by atoms with Crippen LogP contribution in [0.2, 0.25) is 0 Å². The second-order valence-electron chi connectivity index (χ2n) is 14.2. The average Bonchev–Trinajstić information content (AvgIpc) is 3.40. The van der Waals surface area contributed by atoms with Gasteiger partial charge in [-0.25, -0.2) is 4.79 Å². The molecule has 10 heteroatoms. The lowest BCUT2D eigenvalue weighted by Gasteiger charge is -2.36. The molecule has 42 heavy (non-hydrogen) atoms. The van der Waals surface area contributed by atoms with Crippen LogP contribution in [0.5, 0.6) is 0 Å². The minimum Gasteiger partial charge on any atom is -0.444 e. The predicted molar refractivity (Wildman–Crippen MR) is 160 cm³/mol. The summed E-state index contributed by atoms with van der Waals surface area (Å²) >= 11 is 0. The van der Waals surface area contributed by atoms with E-state index in [1.54, 1.807) is 25.7 Å². The lowest BCUT2D eigenvalue weighted by molar-refractivity contribution is -0.144. The highest BCUT2D eigenvalue weighted by molar-refractivity contribution is 6.38. The minimum absolute atomic E-state index is 0.0176. The van der Waals surface area contributed by atoms with Crippen molar-refractivity contribution in [3.8, 4) is 0 Å². The van der Waals surface area contributed by atoms with E-state index in [1.165, 1.54) is 6.08 Å². The van der Waals surface area contributed by atoms with Crippen molar-refractivity contribution < 1.29 is 28.7 Å². The highest BCUT2D eigenvalue weighted by Gasteiger charge is 2.55. The molecule has 3 N–H and O–H groups in total. The first-order chi connectivity index (χ1) is 19.7. The molecule has 0 aromatic carbocycles. The normalized spacial score (nSPS) is 25.1. The van der Waals surface area contributed by atoms with Gasteiger partial charge in [-0.2, -0.15) is 0 Å². The van der Waals surface area contributed by atoms with Gasteiger partial charge in [-0.3, -0.25) is 19.2 Å². The maximum Gasteiger partial charge on any atom is 0.408 e. The molecule has 1 saturated heterocycles. The van der Waals surface area contributed by atoms with Gasteiger partial charge in [0.05, 0.1) is 6.04 Å². The zero-order valence-corrected chi connectivity index (χ0v) is 26.4. The zero-order valence-electron chi connectivity index (χ0n) is 26.4. The van der Waals surface area contributed by atoms with E-state index in [2.05, 4.69) is 36.4 Å². The summed E-state index contributed by atoms with van der Waals surface area (Å²) in [6, 6.07) is -2.59. The van der Waals surface area contributed by atoms with Crippen molar-refractivity contribution in [1.29, 1.82) is 0 Å². The molecule has 5 atom stereocenters. The van der Waals surface area contributed by atoms with E-state index in [1.807, 2.05) is 6.92 Å². The standard InChI is InChI=1S/C32H52N4O6/c1-8-13-23(26(37)28(39)33-16-9-2)34-27(38)25-22-18-32(6,7)17-21(22)19-36(25)29(40)24(20-14-11-10-12-15-20)35-30(41)42-31(3,4)5/h9,20-25H,2,8,10-19H2,1,3-7H3,(H,33,39)(H,34,38)(H,35,41)/t21?,22?,23?,24-,25-/m0/s1. The third-order valence-corrected chi connectivity index (χ3v) is 8.83. The van der Waals surface area contributed by atoms with Gasteiger partial charge < -0.3 is 25.6 Å². The van der Waals surface area contributed by atoms with Gasteiger partial charge in [0, 0.05) is 13.1 Å². The van der Waals surface area contributed by atoms with Gasteiger partial charge in [-0.05, 0) is 76.0 Å². The SMILES string of the molecule is C=CCNC(=O)C(=O)C(CCC)NC(=O)[C@@H]1C2CC(C)(C)CC2CN1C(=O)[C@@H](NC(=O)OC(C)(C)C)C1CCCCC1. The van der Waals surface area contributed by atoms with E-state index < -0.39 is 47.4 Å². The number of nitrogens with zero attached hydrogens (tertiary/aromatic N) is 1. The highest BCUT2D eigenvalue weighted by Crippen LogP contribution is 2.51. The van der Waals surface area contributed by atoms with Gasteiger partial charge in [0.15, 0.2) is 0 Å². The van der Waals surface area contributed by atoms with Crippen molar-refractivity contribution in [1.82, 2.24) is 20.9 Å². The molecule has 0 aromatic heterocycles. The lowest BCUT2D eigenvalue weighted by atomic mass is 9.83. The molecule has 2 aliphatic carbocycles. The molecule has 0 aromatic rings. The summed E-state index contributed by atoms with van der Waals surface area (Å²) in [5.74, 6) is -2.18. The van der Waals surface area contributed by atoms with Crippen LogP contribution < -0.4 is 16.0 Å². The Labute approximate surface area is 251 Å². The Morgan fingerprint density at radius 2 is 1.71 bits per heavy atom. The van der Waals surface area contributed by atoms with Crippen LogP contribution in [0.4, 0.5) is 4.79 Å². The van der Waals surface area contributed by atoms with Crippen molar-refractivity contribution in [3.63, 3.8) is 0 Å². The molecular weight excluding hydrogens is 536 g/mol. The highest BCUT2D eigenvalue weighted by atomic mass is 16.6. The van der Waals surface area contributed by atoms with E-state index >= 15 is 0 Å². The largest absolute Gasteiger partial charge is 0.444 e. The molecule has 0 radical (unpaired) electrons. The third-order valence-electron chi connectivity index (χ3n) is 8.83. The summed E-state index contributed by atoms with van der Waals surface area (Å²) in [5, 5.41) is 8.23. The Kier molecular flexibility index (Phi) is 11.2.